The lowest BCUT2D eigenvalue weighted by Gasteiger charge is -2.25. The number of hydrogen-bond acceptors (Lipinski definition) is 4. The number of sulfonamides is 1. The van der Waals surface area contributed by atoms with Gasteiger partial charge in [0.05, 0.1) is 16.1 Å². The number of carbonyl (C=O) groups is 1. The van der Waals surface area contributed by atoms with Gasteiger partial charge >= 0.3 is 0 Å². The number of nitrogens with two attached hydrogens (primary N) is 2. The SMILES string of the molecule is CCC(N)(CC)C(=O)Nc1ccc(S(N)(=O)=O)cc1Br. The van der Waals surface area contributed by atoms with E-state index in [1.165, 1.54) is 18.2 Å². The molecule has 0 bridgehead atoms. The summed E-state index contributed by atoms with van der Waals surface area (Å²) in [5, 5.41) is 7.72. The Balaban J connectivity index is 3.04. The van der Waals surface area contributed by atoms with Crippen molar-refractivity contribution in [3.63, 3.8) is 0 Å². The van der Waals surface area contributed by atoms with Crippen molar-refractivity contribution in [1.29, 1.82) is 0 Å². The zero-order valence-electron chi connectivity index (χ0n) is 11.3. The standard InChI is InChI=1S/C12H18BrN3O3S/c1-3-12(14,4-2)11(17)16-10-6-5-8(7-9(10)13)20(15,18)19/h5-7H,3-4,14H2,1-2H3,(H,16,17)(H2,15,18,19). The van der Waals surface area contributed by atoms with E-state index in [-0.39, 0.29) is 10.8 Å². The molecule has 5 N–H and O–H groups in total. The third-order valence-corrected chi connectivity index (χ3v) is 4.80. The zero-order valence-corrected chi connectivity index (χ0v) is 13.7. The van der Waals surface area contributed by atoms with Gasteiger partial charge in [0.1, 0.15) is 0 Å². The molecule has 112 valence electrons. The lowest BCUT2D eigenvalue weighted by atomic mass is 9.93. The molecule has 0 saturated carbocycles. The average Bonchev–Trinajstić information content (AvgIpc) is 2.38. The van der Waals surface area contributed by atoms with Crippen molar-refractivity contribution < 1.29 is 13.2 Å². The van der Waals surface area contributed by atoms with Crippen LogP contribution in [0.4, 0.5) is 5.69 Å². The summed E-state index contributed by atoms with van der Waals surface area (Å²) in [7, 11) is -3.78. The Bertz CT molecular complexity index is 612. The van der Waals surface area contributed by atoms with E-state index in [4.69, 9.17) is 10.9 Å². The van der Waals surface area contributed by atoms with Crippen LogP contribution < -0.4 is 16.2 Å². The molecule has 20 heavy (non-hydrogen) atoms. The number of halogens is 1. The second kappa shape index (κ2) is 6.21. The quantitative estimate of drug-likeness (QED) is 0.735. The van der Waals surface area contributed by atoms with Gasteiger partial charge in [0, 0.05) is 4.47 Å². The minimum Gasteiger partial charge on any atom is -0.323 e. The van der Waals surface area contributed by atoms with Crippen molar-refractivity contribution in [1.82, 2.24) is 0 Å². The molecule has 0 heterocycles. The summed E-state index contributed by atoms with van der Waals surface area (Å²) in [6.45, 7) is 3.67. The van der Waals surface area contributed by atoms with Crippen LogP contribution in [0.25, 0.3) is 0 Å². The molecule has 1 rings (SSSR count). The van der Waals surface area contributed by atoms with Gasteiger partial charge in [-0.05, 0) is 47.0 Å². The van der Waals surface area contributed by atoms with Crippen molar-refractivity contribution in [2.45, 2.75) is 37.1 Å². The van der Waals surface area contributed by atoms with Crippen LogP contribution in [0.3, 0.4) is 0 Å². The van der Waals surface area contributed by atoms with E-state index >= 15 is 0 Å². The van der Waals surface area contributed by atoms with Crippen molar-refractivity contribution >= 4 is 37.5 Å². The predicted octanol–water partition coefficient (Wildman–Crippen LogP) is 1.55. The Morgan fingerprint density at radius 2 is 1.90 bits per heavy atom. The molecule has 0 aliphatic rings. The van der Waals surface area contributed by atoms with Gasteiger partial charge in [-0.1, -0.05) is 13.8 Å². The largest absolute Gasteiger partial charge is 0.323 e. The normalized spacial score (nSPS) is 12.2. The molecule has 0 unspecified atom stereocenters. The maximum Gasteiger partial charge on any atom is 0.244 e. The van der Waals surface area contributed by atoms with E-state index in [1.807, 2.05) is 13.8 Å². The van der Waals surface area contributed by atoms with E-state index < -0.39 is 15.6 Å². The van der Waals surface area contributed by atoms with Crippen molar-refractivity contribution in [2.75, 3.05) is 5.32 Å². The predicted molar refractivity (Wildman–Crippen MR) is 81.6 cm³/mol. The molecule has 0 radical (unpaired) electrons. The number of rotatable bonds is 5. The average molecular weight is 364 g/mol. The number of hydrogen-bond donors (Lipinski definition) is 3. The molecule has 0 spiro atoms. The van der Waals surface area contributed by atoms with Gasteiger partial charge in [-0.3, -0.25) is 4.79 Å². The molecule has 1 amide bonds. The summed E-state index contributed by atoms with van der Waals surface area (Å²) in [6.07, 6.45) is 1.00. The van der Waals surface area contributed by atoms with Gasteiger partial charge in [0.15, 0.2) is 0 Å². The lowest BCUT2D eigenvalue weighted by Crippen LogP contribution is -2.50. The Morgan fingerprint density at radius 3 is 2.30 bits per heavy atom. The fourth-order valence-corrected chi connectivity index (χ4v) is 2.76. The first kappa shape index (κ1) is 17.1. The first-order valence-electron chi connectivity index (χ1n) is 6.06. The minimum absolute atomic E-state index is 0.0348. The maximum absolute atomic E-state index is 12.1. The topological polar surface area (TPSA) is 115 Å². The Labute approximate surface area is 127 Å². The third-order valence-electron chi connectivity index (χ3n) is 3.23. The van der Waals surface area contributed by atoms with Crippen molar-refractivity contribution in [2.24, 2.45) is 10.9 Å². The Morgan fingerprint density at radius 1 is 1.35 bits per heavy atom. The molecule has 0 atom stereocenters. The van der Waals surface area contributed by atoms with E-state index in [0.717, 1.165) is 0 Å². The van der Waals surface area contributed by atoms with Gasteiger partial charge in [-0.2, -0.15) is 0 Å². The van der Waals surface area contributed by atoms with Crippen LogP contribution in [0.1, 0.15) is 26.7 Å². The number of primary sulfonamides is 1. The lowest BCUT2D eigenvalue weighted by molar-refractivity contribution is -0.121. The molecule has 0 aliphatic carbocycles. The molecule has 0 fully saturated rings. The molecule has 1 aromatic carbocycles. The summed E-state index contributed by atoms with van der Waals surface area (Å²) in [4.78, 5) is 12.1. The Kier molecular flexibility index (Phi) is 5.31. The number of anilines is 1. The van der Waals surface area contributed by atoms with Crippen LogP contribution in [0.5, 0.6) is 0 Å². The molecular weight excluding hydrogens is 346 g/mol. The zero-order chi connectivity index (χ0) is 15.6. The molecule has 0 saturated heterocycles. The van der Waals surface area contributed by atoms with Gasteiger partial charge in [-0.25, -0.2) is 13.6 Å². The third kappa shape index (κ3) is 3.78. The van der Waals surface area contributed by atoms with Gasteiger partial charge < -0.3 is 11.1 Å². The van der Waals surface area contributed by atoms with Gasteiger partial charge in [0.25, 0.3) is 0 Å². The van der Waals surface area contributed by atoms with Gasteiger partial charge in [-0.15, -0.1) is 0 Å². The minimum atomic E-state index is -3.78. The molecular formula is C12H18BrN3O3S. The van der Waals surface area contributed by atoms with Crippen LogP contribution in [-0.4, -0.2) is 19.9 Å². The summed E-state index contributed by atoms with van der Waals surface area (Å²) >= 11 is 3.20. The second-order valence-electron chi connectivity index (χ2n) is 4.50. The summed E-state index contributed by atoms with van der Waals surface area (Å²) in [6, 6.07) is 4.13. The second-order valence-corrected chi connectivity index (χ2v) is 6.92. The van der Waals surface area contributed by atoms with Crippen molar-refractivity contribution in [3.05, 3.63) is 22.7 Å². The van der Waals surface area contributed by atoms with Crippen LogP contribution in [0.2, 0.25) is 0 Å². The van der Waals surface area contributed by atoms with E-state index in [1.54, 1.807) is 0 Å². The number of amides is 1. The number of carbonyl (C=O) groups excluding carboxylic acids is 1. The molecule has 8 heteroatoms. The Hall–Kier alpha value is -0.960. The van der Waals surface area contributed by atoms with E-state index in [0.29, 0.717) is 23.0 Å². The first-order chi connectivity index (χ1) is 9.14. The molecule has 6 nitrogen and oxygen atoms in total. The fraction of sp³-hybridized carbons (Fsp3) is 0.417. The van der Waals surface area contributed by atoms with Crippen molar-refractivity contribution in [3.8, 4) is 0 Å². The highest BCUT2D eigenvalue weighted by atomic mass is 79.9. The van der Waals surface area contributed by atoms with Crippen LogP contribution in [0.15, 0.2) is 27.6 Å². The van der Waals surface area contributed by atoms with E-state index in [9.17, 15) is 13.2 Å². The summed E-state index contributed by atoms with van der Waals surface area (Å²) in [5.41, 5.74) is 5.49. The number of nitrogens with one attached hydrogen (secondary N) is 1. The molecule has 0 aliphatic heterocycles. The highest BCUT2D eigenvalue weighted by Gasteiger charge is 2.30. The summed E-state index contributed by atoms with van der Waals surface area (Å²) < 4.78 is 22.9. The summed E-state index contributed by atoms with van der Waals surface area (Å²) in [5.74, 6) is -0.313. The fourth-order valence-electron chi connectivity index (χ4n) is 1.59. The number of benzene rings is 1. The van der Waals surface area contributed by atoms with Crippen LogP contribution >= 0.6 is 15.9 Å². The molecule has 0 aromatic heterocycles. The highest BCUT2D eigenvalue weighted by molar-refractivity contribution is 9.10. The maximum atomic E-state index is 12.1. The monoisotopic (exact) mass is 363 g/mol. The highest BCUT2D eigenvalue weighted by Crippen LogP contribution is 2.26. The van der Waals surface area contributed by atoms with Crippen LogP contribution in [-0.2, 0) is 14.8 Å². The van der Waals surface area contributed by atoms with Crippen LogP contribution in [0, 0.1) is 0 Å². The van der Waals surface area contributed by atoms with E-state index in [2.05, 4.69) is 21.2 Å². The first-order valence-corrected chi connectivity index (χ1v) is 8.40. The smallest absolute Gasteiger partial charge is 0.244 e. The molecule has 1 aromatic rings. The van der Waals surface area contributed by atoms with Gasteiger partial charge in [0.2, 0.25) is 15.9 Å².